The van der Waals surface area contributed by atoms with E-state index in [0.29, 0.717) is 0 Å². The quantitative estimate of drug-likeness (QED) is 0.175. The van der Waals surface area contributed by atoms with Crippen LogP contribution in [0.4, 0.5) is 23.2 Å². The summed E-state index contributed by atoms with van der Waals surface area (Å²) in [5.74, 6) is -6.91. The van der Waals surface area contributed by atoms with E-state index >= 15 is 0 Å². The Balaban J connectivity index is 1.68. The van der Waals surface area contributed by atoms with E-state index in [4.69, 9.17) is 35.4 Å². The highest BCUT2D eigenvalue weighted by molar-refractivity contribution is 14.1. The molecular formula is C18H12Cl2F4IN3OS. The van der Waals surface area contributed by atoms with Crippen LogP contribution in [0.2, 0.25) is 10.0 Å². The van der Waals surface area contributed by atoms with Gasteiger partial charge in [0.05, 0.1) is 10.6 Å². The summed E-state index contributed by atoms with van der Waals surface area (Å²) >= 11 is 18.6. The number of anilines is 1. The standard InChI is InChI=1S/C18H12Cl2F4IN3OS/c19-10-2-1-8(25)7-9(10)17(29)26-18(30)28-5-3-27(4-6-28)16-14(23)12(21)11(20)13(22)15(16)24/h1-2,7H,3-6H2,(H,26,29,30). The number of amides is 1. The number of nitrogens with zero attached hydrogens (tertiary/aromatic N) is 2. The molecule has 1 N–H and O–H groups in total. The van der Waals surface area contributed by atoms with Crippen molar-refractivity contribution >= 4 is 74.7 Å². The van der Waals surface area contributed by atoms with Crippen LogP contribution in [0.15, 0.2) is 18.2 Å². The molecule has 0 aliphatic carbocycles. The molecule has 0 bridgehead atoms. The number of halogens is 7. The monoisotopic (exact) mass is 591 g/mol. The highest BCUT2D eigenvalue weighted by Crippen LogP contribution is 2.33. The van der Waals surface area contributed by atoms with Crippen LogP contribution in [0.5, 0.6) is 0 Å². The van der Waals surface area contributed by atoms with E-state index in [2.05, 4.69) is 5.32 Å². The largest absolute Gasteiger partial charge is 0.363 e. The molecule has 160 valence electrons. The second-order valence-corrected chi connectivity index (χ2v) is 8.69. The van der Waals surface area contributed by atoms with E-state index in [1.165, 1.54) is 0 Å². The molecule has 1 aliphatic heterocycles. The Hall–Kier alpha value is -1.37. The second kappa shape index (κ2) is 9.41. The van der Waals surface area contributed by atoms with Gasteiger partial charge in [-0.15, -0.1) is 0 Å². The summed E-state index contributed by atoms with van der Waals surface area (Å²) in [6.45, 7) is 0.330. The Bertz CT molecular complexity index is 1010. The van der Waals surface area contributed by atoms with E-state index in [1.807, 2.05) is 22.6 Å². The van der Waals surface area contributed by atoms with Crippen molar-refractivity contribution in [3.05, 3.63) is 60.6 Å². The molecule has 0 radical (unpaired) electrons. The van der Waals surface area contributed by atoms with Gasteiger partial charge in [0.2, 0.25) is 0 Å². The van der Waals surface area contributed by atoms with Gasteiger partial charge in [-0.25, -0.2) is 17.6 Å². The molecule has 1 fully saturated rings. The molecule has 2 aromatic rings. The molecule has 0 spiro atoms. The van der Waals surface area contributed by atoms with Crippen LogP contribution in [0, 0.1) is 26.8 Å². The van der Waals surface area contributed by atoms with Gasteiger partial charge in [-0.05, 0) is 53.0 Å². The Morgan fingerprint density at radius 1 is 1.00 bits per heavy atom. The molecule has 4 nitrogen and oxygen atoms in total. The molecular weight excluding hydrogens is 580 g/mol. The Kier molecular flexibility index (Phi) is 7.31. The van der Waals surface area contributed by atoms with Crippen molar-refractivity contribution in [1.82, 2.24) is 10.2 Å². The molecule has 0 aromatic heterocycles. The molecule has 1 amide bonds. The lowest BCUT2D eigenvalue weighted by Crippen LogP contribution is -2.53. The summed E-state index contributed by atoms with van der Waals surface area (Å²) in [7, 11) is 0. The number of hydrogen-bond acceptors (Lipinski definition) is 3. The molecule has 12 heteroatoms. The molecule has 0 unspecified atom stereocenters. The van der Waals surface area contributed by atoms with Gasteiger partial charge in [0.25, 0.3) is 5.91 Å². The van der Waals surface area contributed by atoms with Gasteiger partial charge in [-0.2, -0.15) is 0 Å². The fourth-order valence-corrected chi connectivity index (χ4v) is 4.05. The van der Waals surface area contributed by atoms with Gasteiger partial charge in [0, 0.05) is 29.7 Å². The molecule has 1 heterocycles. The number of carbonyl (C=O) groups excluding carboxylic acids is 1. The van der Waals surface area contributed by atoms with Crippen molar-refractivity contribution < 1.29 is 22.4 Å². The van der Waals surface area contributed by atoms with Gasteiger partial charge >= 0.3 is 0 Å². The Morgan fingerprint density at radius 3 is 2.13 bits per heavy atom. The first-order valence-electron chi connectivity index (χ1n) is 8.43. The molecule has 1 aliphatic rings. The summed E-state index contributed by atoms with van der Waals surface area (Å²) in [5, 5.41) is 1.70. The number of nitrogens with one attached hydrogen (secondary N) is 1. The molecule has 30 heavy (non-hydrogen) atoms. The van der Waals surface area contributed by atoms with E-state index in [0.717, 1.165) is 8.47 Å². The third-order valence-corrected chi connectivity index (χ3v) is 6.16. The maximum atomic E-state index is 14.2. The topological polar surface area (TPSA) is 35.6 Å². The number of benzene rings is 2. The van der Waals surface area contributed by atoms with Gasteiger partial charge in [0.1, 0.15) is 10.7 Å². The number of piperazine rings is 1. The van der Waals surface area contributed by atoms with Crippen molar-refractivity contribution in [3.63, 3.8) is 0 Å². The predicted octanol–water partition coefficient (Wildman–Crippen LogP) is 4.99. The summed E-state index contributed by atoms with van der Waals surface area (Å²) < 4.78 is 56.6. The number of hydrogen-bond donors (Lipinski definition) is 1. The fraction of sp³-hybridized carbons (Fsp3) is 0.222. The highest BCUT2D eigenvalue weighted by atomic mass is 127. The van der Waals surface area contributed by atoms with Crippen LogP contribution in [0.25, 0.3) is 0 Å². The van der Waals surface area contributed by atoms with Crippen LogP contribution >= 0.6 is 58.0 Å². The lowest BCUT2D eigenvalue weighted by Gasteiger charge is -2.37. The Morgan fingerprint density at radius 2 is 1.57 bits per heavy atom. The van der Waals surface area contributed by atoms with Gasteiger partial charge < -0.3 is 9.80 Å². The molecule has 0 atom stereocenters. The maximum Gasteiger partial charge on any atom is 0.258 e. The highest BCUT2D eigenvalue weighted by Gasteiger charge is 2.30. The lowest BCUT2D eigenvalue weighted by molar-refractivity contribution is 0.0973. The van der Waals surface area contributed by atoms with Crippen LogP contribution in [0.1, 0.15) is 10.4 Å². The van der Waals surface area contributed by atoms with Crippen molar-refractivity contribution in [1.29, 1.82) is 0 Å². The number of rotatable bonds is 2. The fourth-order valence-electron chi connectivity index (χ4n) is 2.92. The van der Waals surface area contributed by atoms with Gasteiger partial charge in [-0.1, -0.05) is 23.2 Å². The summed E-state index contributed by atoms with van der Waals surface area (Å²) in [6, 6.07) is 4.94. The zero-order valence-corrected chi connectivity index (χ0v) is 19.4. The van der Waals surface area contributed by atoms with Gasteiger partial charge in [-0.3, -0.25) is 10.1 Å². The van der Waals surface area contributed by atoms with Crippen LogP contribution in [-0.2, 0) is 0 Å². The molecule has 2 aromatic carbocycles. The minimum Gasteiger partial charge on any atom is -0.363 e. The zero-order valence-electron chi connectivity index (χ0n) is 14.9. The van der Waals surface area contributed by atoms with Crippen molar-refractivity contribution in [2.45, 2.75) is 0 Å². The first-order chi connectivity index (χ1) is 14.1. The zero-order chi connectivity index (χ0) is 22.2. The SMILES string of the molecule is O=C(NC(=S)N1CCN(c2c(F)c(F)c(Cl)c(F)c2F)CC1)c1cc(I)ccc1Cl. The van der Waals surface area contributed by atoms with Crippen molar-refractivity contribution in [2.24, 2.45) is 0 Å². The molecule has 3 rings (SSSR count). The number of carbonyl (C=O) groups is 1. The predicted molar refractivity (Wildman–Crippen MR) is 119 cm³/mol. The third-order valence-electron chi connectivity index (χ3n) is 4.46. The first-order valence-corrected chi connectivity index (χ1v) is 10.7. The van der Waals surface area contributed by atoms with E-state index in [1.54, 1.807) is 23.1 Å². The molecule has 1 saturated heterocycles. The van der Waals surface area contributed by atoms with Gasteiger partial charge in [0.15, 0.2) is 28.4 Å². The van der Waals surface area contributed by atoms with Crippen molar-refractivity contribution in [2.75, 3.05) is 31.1 Å². The Labute approximate surface area is 198 Å². The van der Waals surface area contributed by atoms with Crippen molar-refractivity contribution in [3.8, 4) is 0 Å². The summed E-state index contributed by atoms with van der Waals surface area (Å²) in [6.07, 6.45) is 0. The normalized spacial score (nSPS) is 14.1. The maximum absolute atomic E-state index is 14.2. The first kappa shape index (κ1) is 23.3. The number of thiocarbonyl (C=S) groups is 1. The second-order valence-electron chi connectivity index (χ2n) is 6.28. The molecule has 0 saturated carbocycles. The third kappa shape index (κ3) is 4.61. The smallest absolute Gasteiger partial charge is 0.258 e. The minimum atomic E-state index is -1.65. The van der Waals surface area contributed by atoms with E-state index in [9.17, 15) is 22.4 Å². The lowest BCUT2D eigenvalue weighted by atomic mass is 10.2. The van der Waals surface area contributed by atoms with E-state index < -0.39 is 39.9 Å². The average molecular weight is 592 g/mol. The van der Waals surface area contributed by atoms with Crippen LogP contribution in [-0.4, -0.2) is 42.1 Å². The van der Waals surface area contributed by atoms with E-state index in [-0.39, 0.29) is 41.9 Å². The average Bonchev–Trinajstić information content (AvgIpc) is 2.73. The summed E-state index contributed by atoms with van der Waals surface area (Å²) in [4.78, 5) is 15.2. The minimum absolute atomic E-state index is 0.00829. The van der Waals surface area contributed by atoms with Crippen LogP contribution < -0.4 is 10.2 Å². The summed E-state index contributed by atoms with van der Waals surface area (Å²) in [5.41, 5.74) is -0.574. The van der Waals surface area contributed by atoms with Crippen LogP contribution in [0.3, 0.4) is 0 Å².